The number of nitrogens with one attached hydrogen (secondary N) is 1. The van der Waals surface area contributed by atoms with Crippen molar-refractivity contribution < 1.29 is 19.4 Å². The predicted octanol–water partition coefficient (Wildman–Crippen LogP) is 5.08. The first kappa shape index (κ1) is 24.3. The lowest BCUT2D eigenvalue weighted by atomic mass is 9.82. The maximum Gasteiger partial charge on any atom is 0.341 e. The number of carboxylic acids is 1. The Morgan fingerprint density at radius 3 is 2.29 bits per heavy atom. The van der Waals surface area contributed by atoms with E-state index < -0.39 is 5.97 Å². The third kappa shape index (κ3) is 6.41. The van der Waals surface area contributed by atoms with Crippen molar-refractivity contribution in [2.45, 2.75) is 31.7 Å². The first-order valence-corrected chi connectivity index (χ1v) is 12.1. The summed E-state index contributed by atoms with van der Waals surface area (Å²) in [6.07, 6.45) is 3.67. The van der Waals surface area contributed by atoms with E-state index in [1.165, 1.54) is 5.56 Å². The molecule has 0 saturated heterocycles. The van der Waals surface area contributed by atoms with Crippen LogP contribution in [-0.2, 0) is 17.6 Å². The lowest BCUT2D eigenvalue weighted by Gasteiger charge is -2.29. The zero-order valence-electron chi connectivity index (χ0n) is 20.0. The monoisotopic (exact) mass is 472 g/mol. The van der Waals surface area contributed by atoms with Crippen LogP contribution < -0.4 is 10.1 Å². The number of benzene rings is 3. The second-order valence-corrected chi connectivity index (χ2v) is 9.10. The Labute approximate surface area is 206 Å². The molecule has 182 valence electrons. The molecule has 0 bridgehead atoms. The third-order valence-electron chi connectivity index (χ3n) is 6.65. The summed E-state index contributed by atoms with van der Waals surface area (Å²) >= 11 is 0. The van der Waals surface area contributed by atoms with Crippen molar-refractivity contribution in [3.05, 3.63) is 101 Å². The van der Waals surface area contributed by atoms with Crippen molar-refractivity contribution in [1.82, 2.24) is 10.2 Å². The van der Waals surface area contributed by atoms with E-state index in [9.17, 15) is 9.59 Å². The summed E-state index contributed by atoms with van der Waals surface area (Å²) in [6.45, 7) is 0.337. The maximum atomic E-state index is 13.1. The van der Waals surface area contributed by atoms with Gasteiger partial charge in [-0.25, -0.2) is 9.59 Å². The molecule has 4 rings (SSSR count). The number of aliphatic carboxylic acids is 1. The van der Waals surface area contributed by atoms with Crippen LogP contribution >= 0.6 is 0 Å². The van der Waals surface area contributed by atoms with Crippen molar-refractivity contribution in [2.75, 3.05) is 20.2 Å². The fraction of sp³-hybridized carbons (Fsp3) is 0.310. The Kier molecular flexibility index (Phi) is 8.03. The molecule has 0 spiro atoms. The number of carboxylic acid groups (broad SMARTS) is 1. The van der Waals surface area contributed by atoms with E-state index in [2.05, 4.69) is 11.4 Å². The van der Waals surface area contributed by atoms with E-state index in [0.717, 1.165) is 42.4 Å². The summed E-state index contributed by atoms with van der Waals surface area (Å²) in [5.41, 5.74) is 4.42. The Bertz CT molecular complexity index is 1090. The molecule has 0 aromatic heterocycles. The Balaban J connectivity index is 1.35. The second-order valence-electron chi connectivity index (χ2n) is 9.10. The summed E-state index contributed by atoms with van der Waals surface area (Å²) in [5, 5.41) is 12.1. The van der Waals surface area contributed by atoms with Crippen LogP contribution in [0.5, 0.6) is 5.75 Å². The van der Waals surface area contributed by atoms with Gasteiger partial charge < -0.3 is 20.1 Å². The standard InChI is InChI=1S/C29H32N2O4/c1-31(29(34)30-28(22-9-4-2-5-10-22)23-11-6-3-7-12-23)18-17-21-15-16-25-24(19-21)13-8-14-26(25)35-20-27(32)33/h2-14,21,28H,15-20H2,1H3,(H,30,34)(H,32,33). The average Bonchev–Trinajstić information content (AvgIpc) is 2.89. The number of hydrogen-bond acceptors (Lipinski definition) is 3. The van der Waals surface area contributed by atoms with Crippen molar-refractivity contribution >= 4 is 12.0 Å². The molecular formula is C29H32N2O4. The molecule has 0 saturated carbocycles. The number of amides is 2. The highest BCUT2D eigenvalue weighted by Crippen LogP contribution is 2.33. The molecule has 0 heterocycles. The molecule has 3 aromatic carbocycles. The lowest BCUT2D eigenvalue weighted by molar-refractivity contribution is -0.139. The SMILES string of the molecule is CN(CCC1CCc2c(cccc2OCC(=O)O)C1)C(=O)NC(c1ccccc1)c1ccccc1. The minimum Gasteiger partial charge on any atom is -0.482 e. The molecule has 6 nitrogen and oxygen atoms in total. The van der Waals surface area contributed by atoms with Gasteiger partial charge in [-0.05, 0) is 59.9 Å². The van der Waals surface area contributed by atoms with Crippen LogP contribution in [-0.4, -0.2) is 42.2 Å². The summed E-state index contributed by atoms with van der Waals surface area (Å²) in [7, 11) is 1.84. The first-order chi connectivity index (χ1) is 17.0. The molecule has 3 aromatic rings. The van der Waals surface area contributed by atoms with Crippen LogP contribution in [0, 0.1) is 5.92 Å². The van der Waals surface area contributed by atoms with Crippen LogP contribution in [0.4, 0.5) is 4.79 Å². The van der Waals surface area contributed by atoms with Crippen molar-refractivity contribution in [1.29, 1.82) is 0 Å². The van der Waals surface area contributed by atoms with E-state index in [1.54, 1.807) is 4.90 Å². The highest BCUT2D eigenvalue weighted by molar-refractivity contribution is 5.75. The van der Waals surface area contributed by atoms with E-state index >= 15 is 0 Å². The number of urea groups is 1. The van der Waals surface area contributed by atoms with Gasteiger partial charge in [0, 0.05) is 13.6 Å². The number of fused-ring (bicyclic) bond motifs is 1. The van der Waals surface area contributed by atoms with Crippen molar-refractivity contribution in [3.63, 3.8) is 0 Å². The zero-order chi connectivity index (χ0) is 24.6. The smallest absolute Gasteiger partial charge is 0.341 e. The molecule has 1 aliphatic rings. The van der Waals surface area contributed by atoms with Gasteiger partial charge in [0.25, 0.3) is 0 Å². The molecule has 1 atom stereocenters. The topological polar surface area (TPSA) is 78.9 Å². The number of carbonyl (C=O) groups excluding carboxylic acids is 1. The fourth-order valence-corrected chi connectivity index (χ4v) is 4.73. The summed E-state index contributed by atoms with van der Waals surface area (Å²) in [6, 6.07) is 25.6. The molecular weight excluding hydrogens is 440 g/mol. The molecule has 0 aliphatic heterocycles. The molecule has 1 unspecified atom stereocenters. The third-order valence-corrected chi connectivity index (χ3v) is 6.65. The molecule has 0 fully saturated rings. The summed E-state index contributed by atoms with van der Waals surface area (Å²) in [4.78, 5) is 25.7. The summed E-state index contributed by atoms with van der Waals surface area (Å²) in [5.74, 6) is 0.165. The Hall–Kier alpha value is -3.80. The maximum absolute atomic E-state index is 13.1. The fourth-order valence-electron chi connectivity index (χ4n) is 4.73. The van der Waals surface area contributed by atoms with Gasteiger partial charge in [-0.1, -0.05) is 72.8 Å². The highest BCUT2D eigenvalue weighted by atomic mass is 16.5. The molecule has 35 heavy (non-hydrogen) atoms. The van der Waals surface area contributed by atoms with Gasteiger partial charge in [-0.2, -0.15) is 0 Å². The van der Waals surface area contributed by atoms with Gasteiger partial charge in [0.1, 0.15) is 5.75 Å². The minimum atomic E-state index is -0.973. The van der Waals surface area contributed by atoms with Gasteiger partial charge in [0.05, 0.1) is 6.04 Å². The van der Waals surface area contributed by atoms with Gasteiger partial charge in [0.15, 0.2) is 6.61 Å². The highest BCUT2D eigenvalue weighted by Gasteiger charge is 2.24. The van der Waals surface area contributed by atoms with Crippen molar-refractivity contribution in [2.24, 2.45) is 5.92 Å². The second kappa shape index (κ2) is 11.6. The number of nitrogens with zero attached hydrogens (tertiary/aromatic N) is 1. The summed E-state index contributed by atoms with van der Waals surface area (Å²) < 4.78 is 5.48. The van der Waals surface area contributed by atoms with E-state index in [1.807, 2.05) is 79.8 Å². The van der Waals surface area contributed by atoms with Crippen LogP contribution in [0.15, 0.2) is 78.9 Å². The predicted molar refractivity (Wildman–Crippen MR) is 136 cm³/mol. The Morgan fingerprint density at radius 1 is 1.00 bits per heavy atom. The van der Waals surface area contributed by atoms with Crippen LogP contribution in [0.25, 0.3) is 0 Å². The zero-order valence-corrected chi connectivity index (χ0v) is 20.0. The molecule has 2 amide bonds. The number of carbonyl (C=O) groups is 2. The van der Waals surface area contributed by atoms with Gasteiger partial charge in [-0.15, -0.1) is 0 Å². The Morgan fingerprint density at radius 2 is 1.66 bits per heavy atom. The van der Waals surface area contributed by atoms with Crippen LogP contribution in [0.2, 0.25) is 0 Å². The molecule has 2 N–H and O–H groups in total. The van der Waals surface area contributed by atoms with Gasteiger partial charge >= 0.3 is 12.0 Å². The normalized spacial score (nSPS) is 14.7. The number of ether oxygens (including phenoxy) is 1. The quantitative estimate of drug-likeness (QED) is 0.455. The largest absolute Gasteiger partial charge is 0.482 e. The van der Waals surface area contributed by atoms with E-state index in [0.29, 0.717) is 18.2 Å². The van der Waals surface area contributed by atoms with Gasteiger partial charge in [-0.3, -0.25) is 0 Å². The molecule has 0 radical (unpaired) electrons. The number of rotatable bonds is 9. The van der Waals surface area contributed by atoms with Gasteiger partial charge in [0.2, 0.25) is 0 Å². The first-order valence-electron chi connectivity index (χ1n) is 12.1. The lowest BCUT2D eigenvalue weighted by Crippen LogP contribution is -2.40. The molecule has 1 aliphatic carbocycles. The molecule has 6 heteroatoms. The van der Waals surface area contributed by atoms with E-state index in [-0.39, 0.29) is 18.7 Å². The minimum absolute atomic E-state index is 0.0942. The van der Waals surface area contributed by atoms with Crippen LogP contribution in [0.3, 0.4) is 0 Å². The number of hydrogen-bond donors (Lipinski definition) is 2. The van der Waals surface area contributed by atoms with Crippen molar-refractivity contribution in [3.8, 4) is 5.75 Å². The van der Waals surface area contributed by atoms with Crippen LogP contribution in [0.1, 0.15) is 41.1 Å². The average molecular weight is 473 g/mol. The van der Waals surface area contributed by atoms with E-state index in [4.69, 9.17) is 9.84 Å².